The van der Waals surface area contributed by atoms with Gasteiger partial charge in [0.15, 0.2) is 5.82 Å². The van der Waals surface area contributed by atoms with Crippen LogP contribution >= 0.6 is 0 Å². The van der Waals surface area contributed by atoms with Gasteiger partial charge in [0, 0.05) is 13.7 Å². The predicted molar refractivity (Wildman–Crippen MR) is 83.3 cm³/mol. The Balaban J connectivity index is 1.99. The second-order valence-corrected chi connectivity index (χ2v) is 4.38. The fourth-order valence-electron chi connectivity index (χ4n) is 1.79. The van der Waals surface area contributed by atoms with Crippen LogP contribution in [-0.4, -0.2) is 43.5 Å². The van der Waals surface area contributed by atoms with Gasteiger partial charge in [0.25, 0.3) is 5.91 Å². The molecule has 0 fully saturated rings. The lowest BCUT2D eigenvalue weighted by molar-refractivity contribution is 0.102. The van der Waals surface area contributed by atoms with Gasteiger partial charge in [0.2, 0.25) is 0 Å². The summed E-state index contributed by atoms with van der Waals surface area (Å²) in [5, 5.41) is 13.7. The van der Waals surface area contributed by atoms with E-state index in [4.69, 9.17) is 9.47 Å². The number of carbonyl (C=O) groups excluding carboxylic acids is 1. The molecule has 22 heavy (non-hydrogen) atoms. The third kappa shape index (κ3) is 4.16. The number of ether oxygens (including phenoxy) is 2. The molecule has 0 unspecified atom stereocenters. The number of hydrogen-bond acceptors (Lipinski definition) is 6. The Labute approximate surface area is 128 Å². The van der Waals surface area contributed by atoms with Crippen LogP contribution in [0.3, 0.4) is 0 Å². The quantitative estimate of drug-likeness (QED) is 0.759. The summed E-state index contributed by atoms with van der Waals surface area (Å²) in [6, 6.07) is 10.4. The van der Waals surface area contributed by atoms with E-state index >= 15 is 0 Å². The van der Waals surface area contributed by atoms with E-state index in [-0.39, 0.29) is 5.91 Å². The van der Waals surface area contributed by atoms with Crippen molar-refractivity contribution in [3.05, 3.63) is 42.0 Å². The summed E-state index contributed by atoms with van der Waals surface area (Å²) in [5.74, 6) is 1.19. The van der Waals surface area contributed by atoms with E-state index in [0.717, 1.165) is 0 Å². The van der Waals surface area contributed by atoms with E-state index in [2.05, 4.69) is 20.8 Å². The molecule has 0 spiro atoms. The van der Waals surface area contributed by atoms with E-state index in [9.17, 15) is 4.79 Å². The van der Waals surface area contributed by atoms with Crippen molar-refractivity contribution in [2.75, 3.05) is 38.0 Å². The number of anilines is 2. The topological polar surface area (TPSA) is 85.4 Å². The maximum Gasteiger partial charge on any atom is 0.260 e. The minimum atomic E-state index is -0.299. The molecule has 2 N–H and O–H groups in total. The summed E-state index contributed by atoms with van der Waals surface area (Å²) in [6.07, 6.45) is 0. The SMILES string of the molecule is COCCNc1ccc(NC(=O)c2ccccc2OC)nn1. The third-order valence-corrected chi connectivity index (χ3v) is 2.87. The van der Waals surface area contributed by atoms with E-state index in [1.165, 1.54) is 7.11 Å². The Morgan fingerprint density at radius 3 is 2.50 bits per heavy atom. The zero-order valence-electron chi connectivity index (χ0n) is 12.5. The van der Waals surface area contributed by atoms with Gasteiger partial charge >= 0.3 is 0 Å². The molecule has 1 heterocycles. The zero-order valence-corrected chi connectivity index (χ0v) is 12.5. The van der Waals surface area contributed by atoms with Crippen LogP contribution in [0.1, 0.15) is 10.4 Å². The summed E-state index contributed by atoms with van der Waals surface area (Å²) >= 11 is 0. The van der Waals surface area contributed by atoms with E-state index < -0.39 is 0 Å². The first-order valence-electron chi connectivity index (χ1n) is 6.75. The molecule has 0 aliphatic carbocycles. The highest BCUT2D eigenvalue weighted by atomic mass is 16.5. The monoisotopic (exact) mass is 302 g/mol. The molecule has 1 aromatic heterocycles. The molecule has 1 amide bonds. The molecule has 0 radical (unpaired) electrons. The van der Waals surface area contributed by atoms with Crippen molar-refractivity contribution in [1.29, 1.82) is 0 Å². The number of amides is 1. The molecule has 7 heteroatoms. The van der Waals surface area contributed by atoms with E-state index in [0.29, 0.717) is 36.1 Å². The van der Waals surface area contributed by atoms with Gasteiger partial charge in [-0.05, 0) is 24.3 Å². The molecule has 1 aromatic carbocycles. The number of methoxy groups -OCH3 is 2. The lowest BCUT2D eigenvalue weighted by Gasteiger charge is -2.09. The maximum atomic E-state index is 12.2. The highest BCUT2D eigenvalue weighted by molar-refractivity contribution is 6.05. The van der Waals surface area contributed by atoms with E-state index in [1.807, 2.05) is 0 Å². The predicted octanol–water partition coefficient (Wildman–Crippen LogP) is 1.80. The summed E-state index contributed by atoms with van der Waals surface area (Å²) in [7, 11) is 3.15. The molecule has 0 saturated carbocycles. The Morgan fingerprint density at radius 1 is 1.09 bits per heavy atom. The highest BCUT2D eigenvalue weighted by Crippen LogP contribution is 2.18. The molecule has 2 rings (SSSR count). The van der Waals surface area contributed by atoms with Crippen LogP contribution in [0.2, 0.25) is 0 Å². The number of carbonyl (C=O) groups is 1. The van der Waals surface area contributed by atoms with Gasteiger partial charge in [-0.2, -0.15) is 0 Å². The third-order valence-electron chi connectivity index (χ3n) is 2.87. The van der Waals surface area contributed by atoms with Crippen molar-refractivity contribution >= 4 is 17.5 Å². The Kier molecular flexibility index (Phi) is 5.67. The van der Waals surface area contributed by atoms with Gasteiger partial charge in [0.05, 0.1) is 19.3 Å². The molecule has 2 aromatic rings. The van der Waals surface area contributed by atoms with Crippen LogP contribution in [-0.2, 0) is 4.74 Å². The number of benzene rings is 1. The Hall–Kier alpha value is -2.67. The maximum absolute atomic E-state index is 12.2. The second kappa shape index (κ2) is 7.94. The molecule has 0 bridgehead atoms. The van der Waals surface area contributed by atoms with Crippen LogP contribution in [0.5, 0.6) is 5.75 Å². The summed E-state index contributed by atoms with van der Waals surface area (Å²) in [5.41, 5.74) is 0.439. The summed E-state index contributed by atoms with van der Waals surface area (Å²) < 4.78 is 10.1. The van der Waals surface area contributed by atoms with Crippen molar-refractivity contribution in [3.63, 3.8) is 0 Å². The van der Waals surface area contributed by atoms with E-state index in [1.54, 1.807) is 43.5 Å². The van der Waals surface area contributed by atoms with Gasteiger partial charge in [-0.3, -0.25) is 4.79 Å². The zero-order chi connectivity index (χ0) is 15.8. The fourth-order valence-corrected chi connectivity index (χ4v) is 1.79. The molecule has 116 valence electrons. The van der Waals surface area contributed by atoms with Gasteiger partial charge in [-0.15, -0.1) is 10.2 Å². The smallest absolute Gasteiger partial charge is 0.260 e. The number of hydrogen-bond donors (Lipinski definition) is 2. The number of nitrogens with zero attached hydrogens (tertiary/aromatic N) is 2. The molecule has 0 aliphatic heterocycles. The minimum absolute atomic E-state index is 0.299. The first-order chi connectivity index (χ1) is 10.7. The number of rotatable bonds is 7. The van der Waals surface area contributed by atoms with Crippen LogP contribution in [0.4, 0.5) is 11.6 Å². The first kappa shape index (κ1) is 15.7. The molecular formula is C15H18N4O3. The average Bonchev–Trinajstić information content (AvgIpc) is 2.56. The van der Waals surface area contributed by atoms with Crippen molar-refractivity contribution in [2.45, 2.75) is 0 Å². The number of aromatic nitrogens is 2. The molecule has 0 aliphatic rings. The van der Waals surface area contributed by atoms with Crippen LogP contribution in [0.25, 0.3) is 0 Å². The normalized spacial score (nSPS) is 10.1. The minimum Gasteiger partial charge on any atom is -0.496 e. The lowest BCUT2D eigenvalue weighted by Crippen LogP contribution is -2.15. The Bertz CT molecular complexity index is 616. The molecule has 7 nitrogen and oxygen atoms in total. The lowest BCUT2D eigenvalue weighted by atomic mass is 10.2. The number of nitrogens with one attached hydrogen (secondary N) is 2. The molecule has 0 saturated heterocycles. The molecular weight excluding hydrogens is 284 g/mol. The van der Waals surface area contributed by atoms with Gasteiger partial charge in [-0.1, -0.05) is 12.1 Å². The van der Waals surface area contributed by atoms with Crippen molar-refractivity contribution in [1.82, 2.24) is 10.2 Å². The summed E-state index contributed by atoms with van der Waals surface area (Å²) in [6.45, 7) is 1.21. The van der Waals surface area contributed by atoms with Gasteiger partial charge in [-0.25, -0.2) is 0 Å². The van der Waals surface area contributed by atoms with Crippen LogP contribution in [0, 0.1) is 0 Å². The Morgan fingerprint density at radius 2 is 1.82 bits per heavy atom. The van der Waals surface area contributed by atoms with Crippen LogP contribution < -0.4 is 15.4 Å². The van der Waals surface area contributed by atoms with Crippen molar-refractivity contribution in [2.24, 2.45) is 0 Å². The van der Waals surface area contributed by atoms with Gasteiger partial charge in [0.1, 0.15) is 11.6 Å². The highest BCUT2D eigenvalue weighted by Gasteiger charge is 2.12. The standard InChI is InChI=1S/C15H18N4O3/c1-21-10-9-16-13-7-8-14(19-18-13)17-15(20)11-5-3-4-6-12(11)22-2/h3-8H,9-10H2,1-2H3,(H,16,18)(H,17,19,20). The average molecular weight is 302 g/mol. The van der Waals surface area contributed by atoms with Gasteiger partial charge < -0.3 is 20.1 Å². The first-order valence-corrected chi connectivity index (χ1v) is 6.75. The van der Waals surface area contributed by atoms with Crippen molar-refractivity contribution in [3.8, 4) is 5.75 Å². The molecule has 0 atom stereocenters. The summed E-state index contributed by atoms with van der Waals surface area (Å²) in [4.78, 5) is 12.2. The largest absolute Gasteiger partial charge is 0.496 e. The second-order valence-electron chi connectivity index (χ2n) is 4.38. The fraction of sp³-hybridized carbons (Fsp3) is 0.267. The van der Waals surface area contributed by atoms with Crippen molar-refractivity contribution < 1.29 is 14.3 Å². The number of para-hydroxylation sites is 1. The van der Waals surface area contributed by atoms with Crippen LogP contribution in [0.15, 0.2) is 36.4 Å².